The van der Waals surface area contributed by atoms with E-state index in [2.05, 4.69) is 33.8 Å². The number of thioether (sulfide) groups is 1. The summed E-state index contributed by atoms with van der Waals surface area (Å²) in [6, 6.07) is 7.94. The standard InChI is InChI=1S/C14H20OS/c1-5-11-7-6-8-12(9-11)13(15)10-16-14(2,3)4/h6-9H,5,10H2,1-4H3. The lowest BCUT2D eigenvalue weighted by molar-refractivity contribution is 0.102. The molecule has 0 heterocycles. The molecule has 0 aliphatic rings. The zero-order valence-electron chi connectivity index (χ0n) is 10.5. The molecule has 0 N–H and O–H groups in total. The average Bonchev–Trinajstić information content (AvgIpc) is 2.25. The zero-order chi connectivity index (χ0) is 12.2. The maximum Gasteiger partial charge on any atom is 0.172 e. The predicted molar refractivity (Wildman–Crippen MR) is 72.4 cm³/mol. The molecule has 0 saturated carbocycles. The van der Waals surface area contributed by atoms with E-state index >= 15 is 0 Å². The summed E-state index contributed by atoms with van der Waals surface area (Å²) in [7, 11) is 0. The van der Waals surface area contributed by atoms with Crippen molar-refractivity contribution in [1.29, 1.82) is 0 Å². The summed E-state index contributed by atoms with van der Waals surface area (Å²) in [6.07, 6.45) is 0.980. The molecular formula is C14H20OS. The second-order valence-corrected chi connectivity index (χ2v) is 6.68. The Morgan fingerprint density at radius 1 is 1.31 bits per heavy atom. The summed E-state index contributed by atoms with van der Waals surface area (Å²) in [5, 5.41) is 0. The number of carbonyl (C=O) groups excluding carboxylic acids is 1. The zero-order valence-corrected chi connectivity index (χ0v) is 11.4. The van der Waals surface area contributed by atoms with Gasteiger partial charge in [0.15, 0.2) is 5.78 Å². The number of rotatable bonds is 4. The molecule has 1 aromatic rings. The van der Waals surface area contributed by atoms with Crippen molar-refractivity contribution >= 4 is 17.5 Å². The van der Waals surface area contributed by atoms with Crippen LogP contribution in [0.2, 0.25) is 0 Å². The first-order chi connectivity index (χ1) is 7.42. The maximum absolute atomic E-state index is 11.9. The molecule has 0 aliphatic heterocycles. The van der Waals surface area contributed by atoms with Crippen molar-refractivity contribution in [2.75, 3.05) is 5.75 Å². The maximum atomic E-state index is 11.9. The van der Waals surface area contributed by atoms with Crippen molar-refractivity contribution < 1.29 is 4.79 Å². The minimum Gasteiger partial charge on any atom is -0.293 e. The second-order valence-electron chi connectivity index (χ2n) is 4.88. The molecule has 0 bridgehead atoms. The summed E-state index contributed by atoms with van der Waals surface area (Å²) < 4.78 is 0.151. The largest absolute Gasteiger partial charge is 0.293 e. The van der Waals surface area contributed by atoms with Gasteiger partial charge in [-0.25, -0.2) is 0 Å². The lowest BCUT2D eigenvalue weighted by Gasteiger charge is -2.16. The van der Waals surface area contributed by atoms with E-state index < -0.39 is 0 Å². The third-order valence-electron chi connectivity index (χ3n) is 2.29. The van der Waals surface area contributed by atoms with Gasteiger partial charge in [-0.3, -0.25) is 4.79 Å². The van der Waals surface area contributed by atoms with E-state index in [-0.39, 0.29) is 10.5 Å². The minimum atomic E-state index is 0.151. The quantitative estimate of drug-likeness (QED) is 0.736. The smallest absolute Gasteiger partial charge is 0.172 e. The summed E-state index contributed by atoms with van der Waals surface area (Å²) >= 11 is 1.70. The average molecular weight is 236 g/mol. The van der Waals surface area contributed by atoms with Gasteiger partial charge in [-0.15, -0.1) is 11.8 Å². The van der Waals surface area contributed by atoms with Crippen molar-refractivity contribution in [3.05, 3.63) is 35.4 Å². The van der Waals surface area contributed by atoms with Crippen molar-refractivity contribution in [2.24, 2.45) is 0 Å². The van der Waals surface area contributed by atoms with Gasteiger partial charge in [-0.05, 0) is 18.1 Å². The van der Waals surface area contributed by atoms with Crippen molar-refractivity contribution in [2.45, 2.75) is 38.9 Å². The number of ketones is 1. The number of aryl methyl sites for hydroxylation is 1. The van der Waals surface area contributed by atoms with Crippen LogP contribution in [-0.2, 0) is 6.42 Å². The second kappa shape index (κ2) is 5.53. The molecule has 0 unspecified atom stereocenters. The van der Waals surface area contributed by atoms with Gasteiger partial charge in [0.2, 0.25) is 0 Å². The van der Waals surface area contributed by atoms with E-state index in [4.69, 9.17) is 0 Å². The van der Waals surface area contributed by atoms with Crippen molar-refractivity contribution in [3.8, 4) is 0 Å². The third-order valence-corrected chi connectivity index (χ3v) is 3.57. The highest BCUT2D eigenvalue weighted by atomic mass is 32.2. The summed E-state index contributed by atoms with van der Waals surface area (Å²) in [4.78, 5) is 11.9. The molecule has 0 aliphatic carbocycles. The first-order valence-corrected chi connectivity index (χ1v) is 6.67. The summed E-state index contributed by atoms with van der Waals surface area (Å²) in [6.45, 7) is 8.50. The van der Waals surface area contributed by atoms with Gasteiger partial charge in [0.05, 0.1) is 5.75 Å². The van der Waals surface area contributed by atoms with E-state index in [0.29, 0.717) is 5.75 Å². The molecule has 16 heavy (non-hydrogen) atoms. The first-order valence-electron chi connectivity index (χ1n) is 5.68. The van der Waals surface area contributed by atoms with Gasteiger partial charge in [-0.1, -0.05) is 45.9 Å². The van der Waals surface area contributed by atoms with Gasteiger partial charge in [-0.2, -0.15) is 0 Å². The fraction of sp³-hybridized carbons (Fsp3) is 0.500. The molecule has 88 valence electrons. The summed E-state index contributed by atoms with van der Waals surface area (Å²) in [5.74, 6) is 0.798. The van der Waals surface area contributed by atoms with Gasteiger partial charge in [0.1, 0.15) is 0 Å². The van der Waals surface area contributed by atoms with Crippen LogP contribution < -0.4 is 0 Å². The van der Waals surface area contributed by atoms with E-state index in [1.807, 2.05) is 18.2 Å². The number of hydrogen-bond acceptors (Lipinski definition) is 2. The highest BCUT2D eigenvalue weighted by Crippen LogP contribution is 2.24. The molecular weight excluding hydrogens is 216 g/mol. The van der Waals surface area contributed by atoms with E-state index in [1.54, 1.807) is 11.8 Å². The van der Waals surface area contributed by atoms with Crippen LogP contribution in [0.25, 0.3) is 0 Å². The van der Waals surface area contributed by atoms with E-state index in [0.717, 1.165) is 12.0 Å². The Bertz CT molecular complexity index is 363. The topological polar surface area (TPSA) is 17.1 Å². The number of carbonyl (C=O) groups is 1. The van der Waals surface area contributed by atoms with Crippen molar-refractivity contribution in [3.63, 3.8) is 0 Å². The SMILES string of the molecule is CCc1cccc(C(=O)CSC(C)(C)C)c1. The monoisotopic (exact) mass is 236 g/mol. The van der Waals surface area contributed by atoms with Crippen LogP contribution in [0.5, 0.6) is 0 Å². The molecule has 2 heteroatoms. The minimum absolute atomic E-state index is 0.151. The molecule has 0 aromatic heterocycles. The van der Waals surface area contributed by atoms with Gasteiger partial charge in [0, 0.05) is 10.3 Å². The number of benzene rings is 1. The number of hydrogen-bond donors (Lipinski definition) is 0. The van der Waals surface area contributed by atoms with E-state index in [9.17, 15) is 4.79 Å². The van der Waals surface area contributed by atoms with Crippen LogP contribution in [0.3, 0.4) is 0 Å². The molecule has 0 atom stereocenters. The fourth-order valence-corrected chi connectivity index (χ4v) is 2.06. The van der Waals surface area contributed by atoms with Gasteiger partial charge in [0.25, 0.3) is 0 Å². The van der Waals surface area contributed by atoms with Crippen LogP contribution in [0.1, 0.15) is 43.6 Å². The van der Waals surface area contributed by atoms with Crippen LogP contribution in [0.4, 0.5) is 0 Å². The Morgan fingerprint density at radius 3 is 2.56 bits per heavy atom. The number of Topliss-reactive ketones (excluding diaryl/α,β-unsaturated/α-hetero) is 1. The summed E-state index contributed by atoms with van der Waals surface area (Å²) in [5.41, 5.74) is 2.07. The Balaban J connectivity index is 2.66. The highest BCUT2D eigenvalue weighted by Gasteiger charge is 2.14. The normalized spacial score (nSPS) is 11.5. The molecule has 0 saturated heterocycles. The highest BCUT2D eigenvalue weighted by molar-refractivity contribution is 8.01. The molecule has 1 rings (SSSR count). The Labute approximate surface area is 103 Å². The van der Waals surface area contributed by atoms with Crippen LogP contribution >= 0.6 is 11.8 Å². The van der Waals surface area contributed by atoms with Crippen molar-refractivity contribution in [1.82, 2.24) is 0 Å². The molecule has 1 nitrogen and oxygen atoms in total. The van der Waals surface area contributed by atoms with Gasteiger partial charge >= 0.3 is 0 Å². The van der Waals surface area contributed by atoms with E-state index in [1.165, 1.54) is 5.56 Å². The molecule has 0 spiro atoms. The molecule has 1 aromatic carbocycles. The molecule has 0 amide bonds. The lowest BCUT2D eigenvalue weighted by Crippen LogP contribution is -2.13. The Hall–Kier alpha value is -0.760. The van der Waals surface area contributed by atoms with Gasteiger partial charge < -0.3 is 0 Å². The van der Waals surface area contributed by atoms with Crippen LogP contribution in [-0.4, -0.2) is 16.3 Å². The predicted octanol–water partition coefficient (Wildman–Crippen LogP) is 3.96. The Kier molecular flexibility index (Phi) is 4.60. The molecule has 0 fully saturated rings. The first kappa shape index (κ1) is 13.3. The van der Waals surface area contributed by atoms with Crippen LogP contribution in [0.15, 0.2) is 24.3 Å². The fourth-order valence-electron chi connectivity index (χ4n) is 1.33. The lowest BCUT2D eigenvalue weighted by atomic mass is 10.1. The Morgan fingerprint density at radius 2 is 2.00 bits per heavy atom. The molecule has 0 radical (unpaired) electrons. The third kappa shape index (κ3) is 4.40. The van der Waals surface area contributed by atoms with Crippen LogP contribution in [0, 0.1) is 0 Å².